The number of nitrogens with two attached hydrogens (primary N) is 1. The monoisotopic (exact) mass is 241 g/mol. The molecule has 3 nitrogen and oxygen atoms in total. The summed E-state index contributed by atoms with van der Waals surface area (Å²) in [4.78, 5) is 6.98. The minimum absolute atomic E-state index is 0.359. The van der Waals surface area contributed by atoms with E-state index in [0.717, 1.165) is 31.7 Å². The molecule has 2 aromatic rings. The van der Waals surface area contributed by atoms with Crippen LogP contribution in [-0.4, -0.2) is 24.1 Å². The van der Waals surface area contributed by atoms with Crippen LogP contribution in [0.4, 0.5) is 5.82 Å². The van der Waals surface area contributed by atoms with Crippen LogP contribution in [0, 0.1) is 6.92 Å². The average Bonchev–Trinajstić information content (AvgIpc) is 2.39. The molecule has 0 radical (unpaired) electrons. The number of pyridine rings is 1. The van der Waals surface area contributed by atoms with Crippen LogP contribution < -0.4 is 10.6 Å². The summed E-state index contributed by atoms with van der Waals surface area (Å²) >= 11 is 0. The molecule has 1 aliphatic heterocycles. The van der Waals surface area contributed by atoms with Crippen molar-refractivity contribution in [2.24, 2.45) is 5.73 Å². The number of hydrogen-bond donors (Lipinski definition) is 1. The largest absolute Gasteiger partial charge is 0.356 e. The van der Waals surface area contributed by atoms with Gasteiger partial charge in [-0.3, -0.25) is 0 Å². The summed E-state index contributed by atoms with van der Waals surface area (Å²) in [6.45, 7) is 4.19. The van der Waals surface area contributed by atoms with E-state index in [0.29, 0.717) is 6.04 Å². The molecule has 2 heterocycles. The SMILES string of the molecule is Cc1cccc2ccnc(N3CCC(N)CC3)c12. The zero-order valence-corrected chi connectivity index (χ0v) is 10.8. The predicted octanol–water partition coefficient (Wildman–Crippen LogP) is 2.47. The molecule has 0 saturated carbocycles. The molecule has 1 aromatic carbocycles. The topological polar surface area (TPSA) is 42.2 Å². The molecule has 1 fully saturated rings. The van der Waals surface area contributed by atoms with Gasteiger partial charge in [0.2, 0.25) is 0 Å². The van der Waals surface area contributed by atoms with Gasteiger partial charge in [0.05, 0.1) is 0 Å². The van der Waals surface area contributed by atoms with Crippen LogP contribution in [0.3, 0.4) is 0 Å². The molecule has 0 atom stereocenters. The smallest absolute Gasteiger partial charge is 0.136 e. The van der Waals surface area contributed by atoms with Gasteiger partial charge in [-0.15, -0.1) is 0 Å². The molecular formula is C15H19N3. The van der Waals surface area contributed by atoms with Crippen molar-refractivity contribution in [1.82, 2.24) is 4.98 Å². The van der Waals surface area contributed by atoms with E-state index in [1.165, 1.54) is 16.3 Å². The number of anilines is 1. The maximum Gasteiger partial charge on any atom is 0.136 e. The first-order chi connectivity index (χ1) is 8.75. The first-order valence-electron chi connectivity index (χ1n) is 6.60. The maximum atomic E-state index is 5.97. The molecule has 2 N–H and O–H groups in total. The number of nitrogens with zero attached hydrogens (tertiary/aromatic N) is 2. The van der Waals surface area contributed by atoms with Crippen LogP contribution in [0.15, 0.2) is 30.5 Å². The molecule has 1 aromatic heterocycles. The lowest BCUT2D eigenvalue weighted by atomic mass is 10.0. The fraction of sp³-hybridized carbons (Fsp3) is 0.400. The molecule has 94 valence electrons. The summed E-state index contributed by atoms with van der Waals surface area (Å²) in [7, 11) is 0. The van der Waals surface area contributed by atoms with E-state index >= 15 is 0 Å². The van der Waals surface area contributed by atoms with E-state index in [1.807, 2.05) is 6.20 Å². The quantitative estimate of drug-likeness (QED) is 0.834. The highest BCUT2D eigenvalue weighted by atomic mass is 15.2. The Bertz CT molecular complexity index is 551. The number of fused-ring (bicyclic) bond motifs is 1. The van der Waals surface area contributed by atoms with Gasteiger partial charge in [-0.1, -0.05) is 18.2 Å². The Morgan fingerprint density at radius 3 is 2.78 bits per heavy atom. The third-order valence-corrected chi connectivity index (χ3v) is 3.82. The summed E-state index contributed by atoms with van der Waals surface area (Å²) in [5, 5.41) is 2.56. The van der Waals surface area contributed by atoms with E-state index in [2.05, 4.69) is 41.1 Å². The lowest BCUT2D eigenvalue weighted by molar-refractivity contribution is 0.499. The van der Waals surface area contributed by atoms with Gasteiger partial charge in [-0.25, -0.2) is 4.98 Å². The van der Waals surface area contributed by atoms with Crippen molar-refractivity contribution >= 4 is 16.6 Å². The molecule has 0 unspecified atom stereocenters. The molecule has 0 bridgehead atoms. The predicted molar refractivity (Wildman–Crippen MR) is 75.9 cm³/mol. The number of piperidine rings is 1. The van der Waals surface area contributed by atoms with Crippen molar-refractivity contribution in [2.75, 3.05) is 18.0 Å². The van der Waals surface area contributed by atoms with Gasteiger partial charge in [0.15, 0.2) is 0 Å². The van der Waals surface area contributed by atoms with Gasteiger partial charge < -0.3 is 10.6 Å². The van der Waals surface area contributed by atoms with Crippen LogP contribution in [0.2, 0.25) is 0 Å². The molecule has 0 amide bonds. The highest BCUT2D eigenvalue weighted by molar-refractivity contribution is 5.94. The lowest BCUT2D eigenvalue weighted by Crippen LogP contribution is -2.40. The minimum Gasteiger partial charge on any atom is -0.356 e. The molecule has 18 heavy (non-hydrogen) atoms. The number of hydrogen-bond acceptors (Lipinski definition) is 3. The lowest BCUT2D eigenvalue weighted by Gasteiger charge is -2.32. The van der Waals surface area contributed by atoms with Crippen molar-refractivity contribution in [1.29, 1.82) is 0 Å². The van der Waals surface area contributed by atoms with Crippen LogP contribution in [0.5, 0.6) is 0 Å². The molecule has 3 rings (SSSR count). The fourth-order valence-electron chi connectivity index (χ4n) is 2.74. The second-order valence-corrected chi connectivity index (χ2v) is 5.13. The van der Waals surface area contributed by atoms with Gasteiger partial charge in [0, 0.05) is 30.7 Å². The van der Waals surface area contributed by atoms with Crippen molar-refractivity contribution in [3.8, 4) is 0 Å². The third kappa shape index (κ3) is 1.95. The summed E-state index contributed by atoms with van der Waals surface area (Å²) in [6, 6.07) is 8.86. The fourth-order valence-corrected chi connectivity index (χ4v) is 2.74. The van der Waals surface area contributed by atoms with Crippen molar-refractivity contribution in [3.05, 3.63) is 36.0 Å². The van der Waals surface area contributed by atoms with Crippen molar-refractivity contribution in [2.45, 2.75) is 25.8 Å². The first kappa shape index (κ1) is 11.5. The van der Waals surface area contributed by atoms with Crippen LogP contribution >= 0.6 is 0 Å². The Morgan fingerprint density at radius 1 is 1.22 bits per heavy atom. The first-order valence-corrected chi connectivity index (χ1v) is 6.60. The summed E-state index contributed by atoms with van der Waals surface area (Å²) < 4.78 is 0. The Labute approximate surface area is 108 Å². The zero-order valence-electron chi connectivity index (χ0n) is 10.8. The molecule has 1 saturated heterocycles. The second-order valence-electron chi connectivity index (χ2n) is 5.13. The number of rotatable bonds is 1. The van der Waals surface area contributed by atoms with E-state index in [-0.39, 0.29) is 0 Å². The van der Waals surface area contributed by atoms with Gasteiger partial charge in [0.25, 0.3) is 0 Å². The molecular weight excluding hydrogens is 222 g/mol. The molecule has 3 heteroatoms. The summed E-state index contributed by atoms with van der Waals surface area (Å²) in [5.41, 5.74) is 7.27. The van der Waals surface area contributed by atoms with Crippen molar-refractivity contribution in [3.63, 3.8) is 0 Å². The highest BCUT2D eigenvalue weighted by Gasteiger charge is 2.19. The third-order valence-electron chi connectivity index (χ3n) is 3.82. The van der Waals surface area contributed by atoms with E-state index in [9.17, 15) is 0 Å². The Hall–Kier alpha value is -1.61. The standard InChI is InChI=1S/C15H19N3/c1-11-3-2-4-12-5-8-17-15(14(11)12)18-9-6-13(16)7-10-18/h2-5,8,13H,6-7,9-10,16H2,1H3. The van der Waals surface area contributed by atoms with Crippen LogP contribution in [-0.2, 0) is 0 Å². The Balaban J connectivity index is 2.06. The van der Waals surface area contributed by atoms with E-state index < -0.39 is 0 Å². The van der Waals surface area contributed by atoms with Gasteiger partial charge in [0.1, 0.15) is 5.82 Å². The van der Waals surface area contributed by atoms with Gasteiger partial charge in [-0.2, -0.15) is 0 Å². The Morgan fingerprint density at radius 2 is 2.00 bits per heavy atom. The van der Waals surface area contributed by atoms with Gasteiger partial charge >= 0.3 is 0 Å². The van der Waals surface area contributed by atoms with Gasteiger partial charge in [-0.05, 0) is 36.8 Å². The van der Waals surface area contributed by atoms with Crippen LogP contribution in [0.25, 0.3) is 10.8 Å². The van der Waals surface area contributed by atoms with Crippen LogP contribution in [0.1, 0.15) is 18.4 Å². The number of benzene rings is 1. The van der Waals surface area contributed by atoms with E-state index in [1.54, 1.807) is 0 Å². The minimum atomic E-state index is 0.359. The molecule has 0 aliphatic carbocycles. The number of aryl methyl sites for hydroxylation is 1. The summed E-state index contributed by atoms with van der Waals surface area (Å²) in [5.74, 6) is 1.12. The normalized spacial score (nSPS) is 17.3. The highest BCUT2D eigenvalue weighted by Crippen LogP contribution is 2.29. The molecule has 1 aliphatic rings. The molecule has 0 spiro atoms. The average molecular weight is 241 g/mol. The second kappa shape index (κ2) is 4.58. The van der Waals surface area contributed by atoms with Crippen molar-refractivity contribution < 1.29 is 0 Å². The number of aromatic nitrogens is 1. The van der Waals surface area contributed by atoms with E-state index in [4.69, 9.17) is 5.73 Å². The summed E-state index contributed by atoms with van der Waals surface area (Å²) in [6.07, 6.45) is 4.03. The Kier molecular flexibility index (Phi) is 2.92. The zero-order chi connectivity index (χ0) is 12.5. The maximum absolute atomic E-state index is 5.97.